The summed E-state index contributed by atoms with van der Waals surface area (Å²) in [5.41, 5.74) is -0.203. The van der Waals surface area contributed by atoms with Crippen molar-refractivity contribution in [3.63, 3.8) is 0 Å². The predicted molar refractivity (Wildman–Crippen MR) is 128 cm³/mol. The van der Waals surface area contributed by atoms with E-state index in [0.717, 1.165) is 24.3 Å². The molecule has 0 saturated heterocycles. The molecular weight excluding hydrogens is 480 g/mol. The summed E-state index contributed by atoms with van der Waals surface area (Å²) in [5, 5.41) is 0. The minimum Gasteiger partial charge on any atom is -0.493 e. The smallest absolute Gasteiger partial charge is 0.416 e. The van der Waals surface area contributed by atoms with Crippen molar-refractivity contribution >= 4 is 5.57 Å². The van der Waals surface area contributed by atoms with Gasteiger partial charge in [0, 0.05) is 11.1 Å². The number of ether oxygens (including phenoxy) is 1. The van der Waals surface area contributed by atoms with Gasteiger partial charge in [0.15, 0.2) is 0 Å². The van der Waals surface area contributed by atoms with Crippen molar-refractivity contribution in [2.75, 3.05) is 20.7 Å². The fraction of sp³-hybridized carbons (Fsp3) is 0.357. The van der Waals surface area contributed by atoms with Crippen LogP contribution in [0.25, 0.3) is 5.57 Å². The van der Waals surface area contributed by atoms with Crippen LogP contribution in [0.15, 0.2) is 65.9 Å². The third kappa shape index (κ3) is 5.31. The first kappa shape index (κ1) is 27.4. The highest BCUT2D eigenvalue weighted by atomic mass is 19.4. The number of nitrogens with zero attached hydrogens (tertiary/aromatic N) is 1. The van der Waals surface area contributed by atoms with E-state index < -0.39 is 29.0 Å². The fourth-order valence-electron chi connectivity index (χ4n) is 4.46. The Kier molecular flexibility index (Phi) is 7.66. The minimum absolute atomic E-state index is 0.0226. The Morgan fingerprint density at radius 2 is 1.33 bits per heavy atom. The molecule has 0 fully saturated rings. The summed E-state index contributed by atoms with van der Waals surface area (Å²) < 4.78 is 84.3. The third-order valence-electron chi connectivity index (χ3n) is 6.21. The SMILES string of the molecule is CCOC1=CC(C(C)C)(N(C)C)C(c2ccc(C(F)(F)F)cc2)=C1C#Cc1ccc(C(F)(F)F)cc1. The number of hydrogen-bond donors (Lipinski definition) is 0. The van der Waals surface area contributed by atoms with Crippen LogP contribution in [-0.2, 0) is 17.1 Å². The summed E-state index contributed by atoms with van der Waals surface area (Å²) in [6, 6.07) is 9.39. The molecule has 0 aromatic heterocycles. The van der Waals surface area contributed by atoms with Gasteiger partial charge in [0.25, 0.3) is 0 Å². The van der Waals surface area contributed by atoms with E-state index in [1.165, 1.54) is 24.3 Å². The van der Waals surface area contributed by atoms with Crippen LogP contribution in [0.5, 0.6) is 0 Å². The minimum atomic E-state index is -4.47. The van der Waals surface area contributed by atoms with Gasteiger partial charge in [-0.25, -0.2) is 0 Å². The summed E-state index contributed by atoms with van der Waals surface area (Å²) >= 11 is 0. The van der Waals surface area contributed by atoms with Gasteiger partial charge in [-0.2, -0.15) is 26.3 Å². The average Bonchev–Trinajstić information content (AvgIpc) is 3.12. The molecule has 8 heteroatoms. The molecule has 2 aromatic rings. The lowest BCUT2D eigenvalue weighted by Gasteiger charge is -2.41. The molecule has 2 nitrogen and oxygen atoms in total. The number of likely N-dealkylation sites (N-methyl/N-ethyl adjacent to an activating group) is 1. The number of hydrogen-bond acceptors (Lipinski definition) is 2. The number of rotatable bonds is 5. The largest absolute Gasteiger partial charge is 0.493 e. The van der Waals surface area contributed by atoms with Gasteiger partial charge < -0.3 is 4.74 Å². The molecule has 36 heavy (non-hydrogen) atoms. The molecule has 2 aromatic carbocycles. The van der Waals surface area contributed by atoms with Gasteiger partial charge in [-0.1, -0.05) is 37.8 Å². The van der Waals surface area contributed by atoms with Crippen LogP contribution in [0.4, 0.5) is 26.3 Å². The van der Waals surface area contributed by atoms with Crippen LogP contribution >= 0.6 is 0 Å². The first-order chi connectivity index (χ1) is 16.7. The van der Waals surface area contributed by atoms with Crippen molar-refractivity contribution in [2.45, 2.75) is 38.7 Å². The zero-order valence-corrected chi connectivity index (χ0v) is 20.6. The van der Waals surface area contributed by atoms with E-state index in [-0.39, 0.29) is 5.92 Å². The summed E-state index contributed by atoms with van der Waals surface area (Å²) in [6.45, 7) is 6.14. The second-order valence-corrected chi connectivity index (χ2v) is 8.97. The Bertz CT molecular complexity index is 1200. The number of allylic oxidation sites excluding steroid dienone is 1. The second kappa shape index (κ2) is 10.1. The summed E-state index contributed by atoms with van der Waals surface area (Å²) in [6.07, 6.45) is -7.01. The van der Waals surface area contributed by atoms with Crippen molar-refractivity contribution in [3.8, 4) is 11.8 Å². The standard InChI is InChI=1S/C28H27F6NO/c1-6-36-24-17-26(18(2)3,35(4)5)25(20-10-14-22(15-11-20)28(32,33)34)23(24)16-9-19-7-12-21(13-8-19)27(29,30)31/h7-8,10-15,17-18H,6H2,1-5H3. The Morgan fingerprint density at radius 1 is 0.833 bits per heavy atom. The van der Waals surface area contributed by atoms with E-state index >= 15 is 0 Å². The zero-order valence-electron chi connectivity index (χ0n) is 20.6. The lowest BCUT2D eigenvalue weighted by molar-refractivity contribution is -0.138. The Labute approximate surface area is 207 Å². The summed E-state index contributed by atoms with van der Waals surface area (Å²) in [7, 11) is 3.74. The maximum atomic E-state index is 13.2. The number of halogens is 6. The summed E-state index contributed by atoms with van der Waals surface area (Å²) in [4.78, 5) is 1.97. The monoisotopic (exact) mass is 507 g/mol. The quantitative estimate of drug-likeness (QED) is 0.309. The van der Waals surface area contributed by atoms with Crippen LogP contribution < -0.4 is 0 Å². The zero-order chi connectivity index (χ0) is 26.9. The normalized spacial score (nSPS) is 18.4. The van der Waals surface area contributed by atoms with Crippen molar-refractivity contribution in [1.29, 1.82) is 0 Å². The Hall–Kier alpha value is -3.18. The van der Waals surface area contributed by atoms with Gasteiger partial charge in [-0.3, -0.25) is 4.90 Å². The van der Waals surface area contributed by atoms with Crippen LogP contribution in [0, 0.1) is 17.8 Å². The molecule has 1 aliphatic rings. The molecule has 0 saturated carbocycles. The van der Waals surface area contributed by atoms with Gasteiger partial charge in [-0.15, -0.1) is 0 Å². The molecule has 0 N–H and O–H groups in total. The molecule has 1 unspecified atom stereocenters. The van der Waals surface area contributed by atoms with Gasteiger partial charge in [0.05, 0.1) is 28.8 Å². The summed E-state index contributed by atoms with van der Waals surface area (Å²) in [5.74, 6) is 6.42. The molecule has 3 rings (SSSR count). The average molecular weight is 508 g/mol. The van der Waals surface area contributed by atoms with Gasteiger partial charge in [0.1, 0.15) is 5.76 Å². The molecule has 0 aliphatic heterocycles. The van der Waals surface area contributed by atoms with Gasteiger partial charge >= 0.3 is 12.4 Å². The Morgan fingerprint density at radius 3 is 1.75 bits per heavy atom. The highest BCUT2D eigenvalue weighted by molar-refractivity contribution is 5.88. The molecule has 0 heterocycles. The van der Waals surface area contributed by atoms with Crippen LogP contribution in [0.2, 0.25) is 0 Å². The maximum Gasteiger partial charge on any atom is 0.416 e. The molecule has 0 bridgehead atoms. The fourth-order valence-corrected chi connectivity index (χ4v) is 4.46. The van der Waals surface area contributed by atoms with Gasteiger partial charge in [-0.05, 0) is 75.0 Å². The van der Waals surface area contributed by atoms with Crippen LogP contribution in [-0.4, -0.2) is 31.1 Å². The number of benzene rings is 2. The molecule has 1 aliphatic carbocycles. The predicted octanol–water partition coefficient (Wildman–Crippen LogP) is 7.42. The third-order valence-corrected chi connectivity index (χ3v) is 6.21. The van der Waals surface area contributed by atoms with E-state index in [4.69, 9.17) is 4.74 Å². The maximum absolute atomic E-state index is 13.2. The molecule has 0 amide bonds. The van der Waals surface area contributed by atoms with E-state index in [1.54, 1.807) is 0 Å². The second-order valence-electron chi connectivity index (χ2n) is 8.97. The van der Waals surface area contributed by atoms with Crippen LogP contribution in [0.3, 0.4) is 0 Å². The lowest BCUT2D eigenvalue weighted by Crippen LogP contribution is -2.47. The Balaban J connectivity index is 2.24. The molecule has 1 atom stereocenters. The lowest BCUT2D eigenvalue weighted by atomic mass is 9.76. The van der Waals surface area contributed by atoms with Crippen molar-refractivity contribution in [1.82, 2.24) is 4.90 Å². The van der Waals surface area contributed by atoms with E-state index in [2.05, 4.69) is 11.8 Å². The molecule has 192 valence electrons. The molecule has 0 spiro atoms. The highest BCUT2D eigenvalue weighted by Crippen LogP contribution is 2.48. The molecular formula is C28H27F6NO. The van der Waals surface area contributed by atoms with Crippen molar-refractivity contribution in [3.05, 3.63) is 88.2 Å². The van der Waals surface area contributed by atoms with Crippen LogP contribution in [0.1, 0.15) is 43.0 Å². The molecule has 0 radical (unpaired) electrons. The number of alkyl halides is 6. The first-order valence-electron chi connectivity index (χ1n) is 11.4. The van der Waals surface area contributed by atoms with E-state index in [9.17, 15) is 26.3 Å². The van der Waals surface area contributed by atoms with Gasteiger partial charge in [0.2, 0.25) is 0 Å². The van der Waals surface area contributed by atoms with E-state index in [0.29, 0.717) is 34.6 Å². The van der Waals surface area contributed by atoms with E-state index in [1.807, 2.05) is 45.8 Å². The van der Waals surface area contributed by atoms with Crippen molar-refractivity contribution < 1.29 is 31.1 Å². The highest BCUT2D eigenvalue weighted by Gasteiger charge is 2.46. The van der Waals surface area contributed by atoms with Crippen molar-refractivity contribution in [2.24, 2.45) is 5.92 Å². The topological polar surface area (TPSA) is 12.5 Å². The first-order valence-corrected chi connectivity index (χ1v) is 11.4.